The number of halogens is 1. The third-order valence-electron chi connectivity index (χ3n) is 7.00. The number of pyridine rings is 1. The van der Waals surface area contributed by atoms with Gasteiger partial charge in [0.05, 0.1) is 27.8 Å². The molecule has 2 aliphatic heterocycles. The molecule has 0 saturated carbocycles. The molecule has 2 N–H and O–H groups in total. The Morgan fingerprint density at radius 1 is 1.15 bits per heavy atom. The third-order valence-corrected chi connectivity index (χ3v) is 10.7. The second-order valence-electron chi connectivity index (χ2n) is 11.4. The predicted molar refractivity (Wildman–Crippen MR) is 152 cm³/mol. The summed E-state index contributed by atoms with van der Waals surface area (Å²) in [5, 5.41) is 4.78. The summed E-state index contributed by atoms with van der Waals surface area (Å²) in [5.74, 6) is -0.446. The zero-order chi connectivity index (χ0) is 29.5. The van der Waals surface area contributed by atoms with Gasteiger partial charge in [-0.1, -0.05) is 0 Å². The molecule has 2 aromatic rings. The zero-order valence-electron chi connectivity index (χ0n) is 23.8. The number of nitrogens with one attached hydrogen (secondary N) is 2. The highest BCUT2D eigenvalue weighted by atomic mass is 32.2. The van der Waals surface area contributed by atoms with Crippen molar-refractivity contribution in [1.29, 1.82) is 0 Å². The van der Waals surface area contributed by atoms with Gasteiger partial charge >= 0.3 is 6.09 Å². The fourth-order valence-electron chi connectivity index (χ4n) is 5.01. The Morgan fingerprint density at radius 2 is 1.88 bits per heavy atom. The SMILES string of the molecule is CCOc1ccc(C(=O)Nc2ccc(F)c([C@@]3(C)N=C(NC(=O)OC(C)(C)C)C(C)(C)S4(=O)=NCC[C@@H]34)c2)nc1. The first kappa shape index (κ1) is 29.4. The highest BCUT2D eigenvalue weighted by molar-refractivity contribution is 7.96. The first-order valence-corrected chi connectivity index (χ1v) is 14.7. The minimum absolute atomic E-state index is 0.101. The topological polar surface area (TPSA) is 131 Å². The van der Waals surface area contributed by atoms with Gasteiger partial charge in [0.1, 0.15) is 39.0 Å². The number of alkyl carbamates (subject to hydrolysis) is 1. The van der Waals surface area contributed by atoms with Crippen LogP contribution in [0.3, 0.4) is 0 Å². The van der Waals surface area contributed by atoms with Crippen LogP contribution in [0.1, 0.15) is 70.9 Å². The molecule has 1 aromatic carbocycles. The molecular weight excluding hydrogens is 537 g/mol. The molecule has 40 heavy (non-hydrogen) atoms. The number of ether oxygens (including phenoxy) is 2. The Labute approximate surface area is 234 Å². The molecule has 0 spiro atoms. The third kappa shape index (κ3) is 5.41. The lowest BCUT2D eigenvalue weighted by Gasteiger charge is -2.45. The van der Waals surface area contributed by atoms with Crippen molar-refractivity contribution in [3.8, 4) is 5.75 Å². The van der Waals surface area contributed by atoms with E-state index in [4.69, 9.17) is 14.5 Å². The predicted octanol–water partition coefficient (Wildman–Crippen LogP) is 5.04. The van der Waals surface area contributed by atoms with Crippen LogP contribution in [0.4, 0.5) is 14.9 Å². The van der Waals surface area contributed by atoms with Crippen LogP contribution in [0.25, 0.3) is 0 Å². The zero-order valence-corrected chi connectivity index (χ0v) is 24.6. The number of fused-ring (bicyclic) bond motifs is 1. The number of anilines is 1. The fraction of sp³-hybridized carbons (Fsp3) is 0.500. The van der Waals surface area contributed by atoms with Gasteiger partial charge in [0.2, 0.25) is 0 Å². The molecule has 4 rings (SSSR count). The van der Waals surface area contributed by atoms with Gasteiger partial charge in [-0.2, -0.15) is 0 Å². The summed E-state index contributed by atoms with van der Waals surface area (Å²) in [6.07, 6.45) is 1.12. The van der Waals surface area contributed by atoms with Crippen LogP contribution >= 0.6 is 0 Å². The molecule has 3 heterocycles. The van der Waals surface area contributed by atoms with Crippen molar-refractivity contribution in [2.24, 2.45) is 9.36 Å². The van der Waals surface area contributed by atoms with Gasteiger partial charge < -0.3 is 14.8 Å². The summed E-state index contributed by atoms with van der Waals surface area (Å²) in [4.78, 5) is 34.6. The number of carbonyl (C=O) groups is 2. The van der Waals surface area contributed by atoms with E-state index in [1.54, 1.807) is 47.6 Å². The van der Waals surface area contributed by atoms with E-state index in [2.05, 4.69) is 20.0 Å². The molecule has 1 aromatic heterocycles. The quantitative estimate of drug-likeness (QED) is 0.515. The molecule has 2 amide bonds. The Kier molecular flexibility index (Phi) is 7.70. The van der Waals surface area contributed by atoms with Crippen LogP contribution < -0.4 is 15.4 Å². The molecule has 0 bridgehead atoms. The number of hydrogen-bond donors (Lipinski definition) is 2. The lowest BCUT2D eigenvalue weighted by Crippen LogP contribution is -2.60. The summed E-state index contributed by atoms with van der Waals surface area (Å²) in [6, 6.07) is 7.31. The maximum atomic E-state index is 15.5. The van der Waals surface area contributed by atoms with E-state index >= 15 is 4.39 Å². The minimum Gasteiger partial charge on any atom is -0.492 e. The van der Waals surface area contributed by atoms with Gasteiger partial charge in [-0.25, -0.2) is 22.7 Å². The van der Waals surface area contributed by atoms with Gasteiger partial charge in [0.25, 0.3) is 5.91 Å². The first-order chi connectivity index (χ1) is 18.6. The van der Waals surface area contributed by atoms with Crippen molar-refractivity contribution < 1.29 is 27.7 Å². The lowest BCUT2D eigenvalue weighted by atomic mass is 9.85. The number of aromatic nitrogens is 1. The number of carbonyl (C=O) groups excluding carboxylic acids is 2. The van der Waals surface area contributed by atoms with E-state index < -0.39 is 48.7 Å². The first-order valence-electron chi connectivity index (χ1n) is 13.1. The van der Waals surface area contributed by atoms with Crippen molar-refractivity contribution in [3.05, 3.63) is 53.6 Å². The van der Waals surface area contributed by atoms with Gasteiger partial charge in [-0.3, -0.25) is 15.1 Å². The molecule has 216 valence electrons. The normalized spacial score (nSPS) is 25.2. The Bertz CT molecular complexity index is 1470. The largest absolute Gasteiger partial charge is 0.492 e. The standard InChI is InChI=1S/C28H36FN5O5S/c1-8-38-18-10-12-21(30-16-18)23(35)32-17-9-11-20(29)19(15-17)28(7)22-13-14-31-40(22,37)27(5,6)24(34-28)33-25(36)39-26(2,3)4/h9-12,15-16,22H,8,13-14H2,1-7H3,(H,32,35)(H,33,34,36)/t22-,28+,40?/m0/s1. The second-order valence-corrected chi connectivity index (χ2v) is 14.4. The minimum atomic E-state index is -3.02. The molecular formula is C28H36FN5O5S. The number of amides is 2. The Hall–Kier alpha value is -3.54. The van der Waals surface area contributed by atoms with Crippen LogP contribution in [0.2, 0.25) is 0 Å². The van der Waals surface area contributed by atoms with Gasteiger partial charge in [-0.15, -0.1) is 0 Å². The molecule has 12 heteroatoms. The second kappa shape index (κ2) is 10.5. The number of hydrogen-bond acceptors (Lipinski definition) is 8. The number of benzene rings is 1. The average molecular weight is 574 g/mol. The van der Waals surface area contributed by atoms with Crippen molar-refractivity contribution >= 4 is 33.3 Å². The number of nitrogens with zero attached hydrogens (tertiary/aromatic N) is 3. The van der Waals surface area contributed by atoms with Crippen molar-refractivity contribution in [2.45, 2.75) is 76.0 Å². The molecule has 0 radical (unpaired) electrons. The number of aliphatic imine (C=N–C) groups is 1. The molecule has 0 saturated heterocycles. The maximum Gasteiger partial charge on any atom is 0.413 e. The molecule has 0 aliphatic carbocycles. The smallest absolute Gasteiger partial charge is 0.413 e. The average Bonchev–Trinajstić information content (AvgIpc) is 3.28. The van der Waals surface area contributed by atoms with E-state index in [0.717, 1.165) is 0 Å². The summed E-state index contributed by atoms with van der Waals surface area (Å²) in [5.41, 5.74) is -1.55. The van der Waals surface area contributed by atoms with E-state index in [1.807, 2.05) is 6.92 Å². The molecule has 3 atom stereocenters. The number of amidine groups is 1. The summed E-state index contributed by atoms with van der Waals surface area (Å²) >= 11 is 0. The van der Waals surface area contributed by atoms with Crippen LogP contribution in [0.15, 0.2) is 45.9 Å². The molecule has 2 aliphatic rings. The van der Waals surface area contributed by atoms with Gasteiger partial charge in [0, 0.05) is 17.8 Å². The fourth-order valence-corrected chi connectivity index (χ4v) is 8.20. The van der Waals surface area contributed by atoms with Crippen molar-refractivity contribution in [1.82, 2.24) is 10.3 Å². The Balaban J connectivity index is 1.73. The highest BCUT2D eigenvalue weighted by Gasteiger charge is 2.57. The molecule has 1 unspecified atom stereocenters. The van der Waals surface area contributed by atoms with E-state index in [1.165, 1.54) is 30.5 Å². The van der Waals surface area contributed by atoms with Crippen LogP contribution in [-0.2, 0) is 20.0 Å². The van der Waals surface area contributed by atoms with Crippen molar-refractivity contribution in [3.63, 3.8) is 0 Å². The summed E-state index contributed by atoms with van der Waals surface area (Å²) in [7, 11) is -3.02. The molecule has 0 fully saturated rings. The maximum absolute atomic E-state index is 15.5. The summed E-state index contributed by atoms with van der Waals surface area (Å²) in [6.45, 7) is 12.9. The van der Waals surface area contributed by atoms with Crippen molar-refractivity contribution in [2.75, 3.05) is 18.5 Å². The van der Waals surface area contributed by atoms with Gasteiger partial charge in [-0.05, 0) is 85.2 Å². The Morgan fingerprint density at radius 3 is 2.50 bits per heavy atom. The number of rotatable bonds is 5. The highest BCUT2D eigenvalue weighted by Crippen LogP contribution is 2.48. The van der Waals surface area contributed by atoms with Gasteiger partial charge in [0.15, 0.2) is 0 Å². The van der Waals surface area contributed by atoms with Crippen LogP contribution in [0.5, 0.6) is 5.75 Å². The van der Waals surface area contributed by atoms with E-state index in [-0.39, 0.29) is 17.1 Å². The lowest BCUT2D eigenvalue weighted by molar-refractivity contribution is 0.0560. The summed E-state index contributed by atoms with van der Waals surface area (Å²) < 4.78 is 44.1. The monoisotopic (exact) mass is 573 g/mol. The van der Waals surface area contributed by atoms with E-state index in [9.17, 15) is 13.8 Å². The van der Waals surface area contributed by atoms with Crippen LogP contribution in [-0.4, -0.2) is 55.8 Å². The van der Waals surface area contributed by atoms with E-state index in [0.29, 0.717) is 31.0 Å². The van der Waals surface area contributed by atoms with Crippen LogP contribution in [0, 0.1) is 5.82 Å². The molecule has 10 nitrogen and oxygen atoms in total.